The SMILES string of the molecule is Cc1nccc(NC2NCCCC2[N+](=O)[O-])n1. The van der Waals surface area contributed by atoms with Crippen LogP contribution in [0.4, 0.5) is 5.82 Å². The lowest BCUT2D eigenvalue weighted by atomic mass is 10.0. The summed E-state index contributed by atoms with van der Waals surface area (Å²) in [6, 6.07) is 1.10. The molecule has 1 fully saturated rings. The molecule has 2 N–H and O–H groups in total. The van der Waals surface area contributed by atoms with E-state index >= 15 is 0 Å². The molecule has 2 heterocycles. The normalized spacial score (nSPS) is 24.3. The maximum absolute atomic E-state index is 10.9. The lowest BCUT2D eigenvalue weighted by Crippen LogP contribution is -2.53. The highest BCUT2D eigenvalue weighted by Crippen LogP contribution is 2.14. The summed E-state index contributed by atoms with van der Waals surface area (Å²) >= 11 is 0. The van der Waals surface area contributed by atoms with Gasteiger partial charge in [-0.2, -0.15) is 0 Å². The van der Waals surface area contributed by atoms with Crippen LogP contribution in [-0.4, -0.2) is 33.6 Å². The van der Waals surface area contributed by atoms with E-state index in [0.717, 1.165) is 13.0 Å². The lowest BCUT2D eigenvalue weighted by Gasteiger charge is -2.27. The average molecular weight is 237 g/mol. The number of nitrogens with one attached hydrogen (secondary N) is 2. The van der Waals surface area contributed by atoms with Crippen LogP contribution in [0.15, 0.2) is 12.3 Å². The Hall–Kier alpha value is -1.76. The Labute approximate surface area is 98.8 Å². The Morgan fingerprint density at radius 2 is 2.47 bits per heavy atom. The van der Waals surface area contributed by atoms with Crippen LogP contribution in [0, 0.1) is 17.0 Å². The Balaban J connectivity index is 2.08. The van der Waals surface area contributed by atoms with Gasteiger partial charge in [-0.25, -0.2) is 9.97 Å². The zero-order chi connectivity index (χ0) is 12.3. The molecule has 1 aromatic rings. The maximum Gasteiger partial charge on any atom is 0.246 e. The Morgan fingerprint density at radius 3 is 3.18 bits per heavy atom. The van der Waals surface area contributed by atoms with Crippen LogP contribution in [-0.2, 0) is 0 Å². The van der Waals surface area contributed by atoms with Crippen molar-refractivity contribution in [3.8, 4) is 0 Å². The van der Waals surface area contributed by atoms with Gasteiger partial charge < -0.3 is 5.32 Å². The largest absolute Gasteiger partial charge is 0.349 e. The first-order valence-electron chi connectivity index (χ1n) is 5.60. The van der Waals surface area contributed by atoms with Gasteiger partial charge in [-0.3, -0.25) is 15.4 Å². The van der Waals surface area contributed by atoms with Gasteiger partial charge in [-0.15, -0.1) is 0 Å². The number of rotatable bonds is 3. The summed E-state index contributed by atoms with van der Waals surface area (Å²) in [6.07, 6.45) is 2.68. The summed E-state index contributed by atoms with van der Waals surface area (Å²) in [7, 11) is 0. The molecule has 1 aliphatic rings. The van der Waals surface area contributed by atoms with Crippen LogP contribution in [0.1, 0.15) is 18.7 Å². The van der Waals surface area contributed by atoms with Gasteiger partial charge >= 0.3 is 0 Å². The molecule has 92 valence electrons. The number of hydrogen-bond donors (Lipinski definition) is 2. The molecular formula is C10H15N5O2. The van der Waals surface area contributed by atoms with Crippen molar-refractivity contribution in [2.24, 2.45) is 0 Å². The number of aryl methyl sites for hydroxylation is 1. The molecule has 2 unspecified atom stereocenters. The molecule has 7 heteroatoms. The van der Waals surface area contributed by atoms with Crippen molar-refractivity contribution in [1.29, 1.82) is 0 Å². The topological polar surface area (TPSA) is 93.0 Å². The fourth-order valence-corrected chi connectivity index (χ4v) is 1.94. The van der Waals surface area contributed by atoms with Crippen molar-refractivity contribution in [2.75, 3.05) is 11.9 Å². The second kappa shape index (κ2) is 5.05. The van der Waals surface area contributed by atoms with E-state index < -0.39 is 6.04 Å². The first kappa shape index (κ1) is 11.7. The third kappa shape index (κ3) is 2.88. The molecule has 0 radical (unpaired) electrons. The molecular weight excluding hydrogens is 222 g/mol. The van der Waals surface area contributed by atoms with E-state index in [1.54, 1.807) is 19.2 Å². The molecule has 1 aromatic heterocycles. The molecule has 0 aliphatic carbocycles. The Morgan fingerprint density at radius 1 is 1.65 bits per heavy atom. The van der Waals surface area contributed by atoms with Crippen molar-refractivity contribution in [3.63, 3.8) is 0 Å². The highest BCUT2D eigenvalue weighted by Gasteiger charge is 2.33. The van der Waals surface area contributed by atoms with Gasteiger partial charge in [0.2, 0.25) is 6.04 Å². The number of anilines is 1. The smallest absolute Gasteiger partial charge is 0.246 e. The highest BCUT2D eigenvalue weighted by atomic mass is 16.6. The van der Waals surface area contributed by atoms with E-state index in [2.05, 4.69) is 20.6 Å². The first-order valence-corrected chi connectivity index (χ1v) is 5.60. The van der Waals surface area contributed by atoms with E-state index in [0.29, 0.717) is 18.1 Å². The van der Waals surface area contributed by atoms with Gasteiger partial charge in [0, 0.05) is 17.5 Å². The van der Waals surface area contributed by atoms with E-state index in [-0.39, 0.29) is 11.1 Å². The third-order valence-electron chi connectivity index (χ3n) is 2.78. The van der Waals surface area contributed by atoms with Gasteiger partial charge in [0.25, 0.3) is 0 Å². The summed E-state index contributed by atoms with van der Waals surface area (Å²) in [6.45, 7) is 2.57. The van der Waals surface area contributed by atoms with Gasteiger partial charge in [0.05, 0.1) is 0 Å². The minimum atomic E-state index is -0.612. The van der Waals surface area contributed by atoms with Gasteiger partial charge in [0.1, 0.15) is 17.8 Å². The monoisotopic (exact) mass is 237 g/mol. The zero-order valence-corrected chi connectivity index (χ0v) is 9.59. The molecule has 7 nitrogen and oxygen atoms in total. The summed E-state index contributed by atoms with van der Waals surface area (Å²) < 4.78 is 0. The first-order chi connectivity index (χ1) is 8.16. The van der Waals surface area contributed by atoms with Gasteiger partial charge in [-0.1, -0.05) is 0 Å². The van der Waals surface area contributed by atoms with Crippen molar-refractivity contribution in [2.45, 2.75) is 32.0 Å². The van der Waals surface area contributed by atoms with E-state index in [9.17, 15) is 10.1 Å². The average Bonchev–Trinajstić information content (AvgIpc) is 2.29. The van der Waals surface area contributed by atoms with E-state index in [1.807, 2.05) is 0 Å². The fourth-order valence-electron chi connectivity index (χ4n) is 1.94. The van der Waals surface area contributed by atoms with Crippen molar-refractivity contribution in [3.05, 3.63) is 28.2 Å². The summed E-state index contributed by atoms with van der Waals surface area (Å²) in [5.41, 5.74) is 0. The maximum atomic E-state index is 10.9. The molecule has 0 saturated carbocycles. The van der Waals surface area contributed by atoms with E-state index in [1.165, 1.54) is 0 Å². The highest BCUT2D eigenvalue weighted by molar-refractivity contribution is 5.34. The number of aromatic nitrogens is 2. The molecule has 0 aromatic carbocycles. The molecule has 17 heavy (non-hydrogen) atoms. The molecule has 0 spiro atoms. The summed E-state index contributed by atoms with van der Waals surface area (Å²) in [5, 5.41) is 17.1. The quantitative estimate of drug-likeness (QED) is 0.589. The lowest BCUT2D eigenvalue weighted by molar-refractivity contribution is -0.528. The van der Waals surface area contributed by atoms with Crippen LogP contribution < -0.4 is 10.6 Å². The Bertz CT molecular complexity index is 411. The summed E-state index contributed by atoms with van der Waals surface area (Å²) in [4.78, 5) is 18.8. The predicted molar refractivity (Wildman–Crippen MR) is 62.2 cm³/mol. The third-order valence-corrected chi connectivity index (χ3v) is 2.78. The van der Waals surface area contributed by atoms with Crippen LogP contribution >= 0.6 is 0 Å². The molecule has 2 rings (SSSR count). The number of nitro groups is 1. The minimum Gasteiger partial charge on any atom is -0.349 e. The fraction of sp³-hybridized carbons (Fsp3) is 0.600. The number of nitrogens with zero attached hydrogens (tertiary/aromatic N) is 3. The number of piperidine rings is 1. The molecule has 1 saturated heterocycles. The van der Waals surface area contributed by atoms with Crippen LogP contribution in [0.5, 0.6) is 0 Å². The molecule has 0 bridgehead atoms. The molecule has 1 aliphatic heterocycles. The zero-order valence-electron chi connectivity index (χ0n) is 9.59. The number of hydrogen-bond acceptors (Lipinski definition) is 6. The predicted octanol–water partition coefficient (Wildman–Crippen LogP) is 0.552. The minimum absolute atomic E-state index is 0.238. The van der Waals surface area contributed by atoms with Crippen molar-refractivity contribution in [1.82, 2.24) is 15.3 Å². The van der Waals surface area contributed by atoms with Crippen LogP contribution in [0.3, 0.4) is 0 Å². The van der Waals surface area contributed by atoms with Gasteiger partial charge in [0.15, 0.2) is 0 Å². The second-order valence-corrected chi connectivity index (χ2v) is 4.06. The summed E-state index contributed by atoms with van der Waals surface area (Å²) in [5.74, 6) is 1.26. The van der Waals surface area contributed by atoms with E-state index in [4.69, 9.17) is 0 Å². The van der Waals surface area contributed by atoms with Crippen LogP contribution in [0.25, 0.3) is 0 Å². The molecule has 0 amide bonds. The van der Waals surface area contributed by atoms with Crippen LogP contribution in [0.2, 0.25) is 0 Å². The van der Waals surface area contributed by atoms with Crippen molar-refractivity contribution >= 4 is 5.82 Å². The Kier molecular flexibility index (Phi) is 3.48. The van der Waals surface area contributed by atoms with Gasteiger partial charge in [-0.05, 0) is 26.0 Å². The molecule has 2 atom stereocenters. The standard InChI is InChI=1S/C10H15N5O2/c1-7-11-6-4-9(13-7)14-10-8(15(16)17)3-2-5-12-10/h4,6,8,10,12H,2-3,5H2,1H3,(H,11,13,14). The second-order valence-electron chi connectivity index (χ2n) is 4.06. The van der Waals surface area contributed by atoms with Crippen molar-refractivity contribution < 1.29 is 4.92 Å².